The van der Waals surface area contributed by atoms with E-state index in [1.54, 1.807) is 7.11 Å². The summed E-state index contributed by atoms with van der Waals surface area (Å²) in [6.07, 6.45) is 0.922. The molecule has 2 aromatic rings. The van der Waals surface area contributed by atoms with Crippen molar-refractivity contribution in [2.45, 2.75) is 13.3 Å². The molecule has 28 heavy (non-hydrogen) atoms. The van der Waals surface area contributed by atoms with Crippen LogP contribution in [0.25, 0.3) is 0 Å². The Labute approximate surface area is 166 Å². The Morgan fingerprint density at radius 1 is 0.929 bits per heavy atom. The summed E-state index contributed by atoms with van der Waals surface area (Å²) in [5.41, 5.74) is 1.14. The highest BCUT2D eigenvalue weighted by Crippen LogP contribution is 2.26. The number of benzene rings is 2. The normalized spacial score (nSPS) is 13.9. The minimum atomic E-state index is -0.000300. The van der Waals surface area contributed by atoms with Crippen molar-refractivity contribution in [2.24, 2.45) is 0 Å². The third-order valence-electron chi connectivity index (χ3n) is 4.73. The zero-order valence-electron chi connectivity index (χ0n) is 16.6. The summed E-state index contributed by atoms with van der Waals surface area (Å²) >= 11 is 0. The van der Waals surface area contributed by atoms with E-state index < -0.39 is 0 Å². The van der Waals surface area contributed by atoms with Crippen LogP contribution in [0.4, 0.5) is 5.69 Å². The number of para-hydroxylation sites is 2. The topological polar surface area (TPSA) is 51.2 Å². The highest BCUT2D eigenvalue weighted by molar-refractivity contribution is 5.78. The number of ether oxygens (including phenoxy) is 3. The van der Waals surface area contributed by atoms with Gasteiger partial charge in [-0.05, 0) is 42.8 Å². The molecule has 0 N–H and O–H groups in total. The average Bonchev–Trinajstić information content (AvgIpc) is 2.76. The fourth-order valence-corrected chi connectivity index (χ4v) is 3.14. The lowest BCUT2D eigenvalue weighted by Crippen LogP contribution is -2.50. The third-order valence-corrected chi connectivity index (χ3v) is 4.73. The van der Waals surface area contributed by atoms with Gasteiger partial charge in [0.25, 0.3) is 5.91 Å². The van der Waals surface area contributed by atoms with Crippen LogP contribution in [0.15, 0.2) is 48.5 Å². The number of carbonyl (C=O) groups excluding carboxylic acids is 1. The molecule has 1 heterocycles. The Morgan fingerprint density at radius 2 is 1.57 bits per heavy atom. The number of anilines is 1. The lowest BCUT2D eigenvalue weighted by atomic mass is 10.2. The minimum Gasteiger partial charge on any atom is -0.497 e. The van der Waals surface area contributed by atoms with Crippen LogP contribution in [0.1, 0.15) is 13.3 Å². The average molecular weight is 384 g/mol. The van der Waals surface area contributed by atoms with Crippen molar-refractivity contribution in [1.82, 2.24) is 4.90 Å². The van der Waals surface area contributed by atoms with Crippen LogP contribution in [0.2, 0.25) is 0 Å². The van der Waals surface area contributed by atoms with Gasteiger partial charge < -0.3 is 24.0 Å². The molecule has 1 aliphatic heterocycles. The van der Waals surface area contributed by atoms with E-state index in [1.807, 2.05) is 53.4 Å². The van der Waals surface area contributed by atoms with Gasteiger partial charge >= 0.3 is 0 Å². The second-order valence-corrected chi connectivity index (χ2v) is 6.65. The second-order valence-electron chi connectivity index (χ2n) is 6.65. The van der Waals surface area contributed by atoms with Crippen molar-refractivity contribution >= 4 is 11.6 Å². The number of carbonyl (C=O) groups is 1. The van der Waals surface area contributed by atoms with Crippen LogP contribution in [-0.2, 0) is 4.79 Å². The Bertz CT molecular complexity index is 755. The molecule has 0 aromatic heterocycles. The zero-order chi connectivity index (χ0) is 19.8. The lowest BCUT2D eigenvalue weighted by Gasteiger charge is -2.36. The molecule has 2 aromatic carbocycles. The molecule has 0 bridgehead atoms. The molecule has 0 spiro atoms. The molecule has 3 rings (SSSR count). The molecular formula is C22H28N2O4. The maximum absolute atomic E-state index is 12.5. The maximum Gasteiger partial charge on any atom is 0.260 e. The van der Waals surface area contributed by atoms with Crippen LogP contribution in [-0.4, -0.2) is 57.3 Å². The number of methoxy groups -OCH3 is 1. The van der Waals surface area contributed by atoms with Crippen molar-refractivity contribution in [3.05, 3.63) is 48.5 Å². The maximum atomic E-state index is 12.5. The lowest BCUT2D eigenvalue weighted by molar-refractivity contribution is -0.133. The monoisotopic (exact) mass is 384 g/mol. The van der Waals surface area contributed by atoms with E-state index in [2.05, 4.69) is 11.8 Å². The van der Waals surface area contributed by atoms with E-state index in [9.17, 15) is 4.79 Å². The minimum absolute atomic E-state index is 0.000300. The van der Waals surface area contributed by atoms with Crippen molar-refractivity contribution in [2.75, 3.05) is 51.4 Å². The van der Waals surface area contributed by atoms with Crippen LogP contribution in [0.5, 0.6) is 17.2 Å². The van der Waals surface area contributed by atoms with E-state index in [0.717, 1.165) is 30.9 Å². The largest absolute Gasteiger partial charge is 0.497 e. The fourth-order valence-electron chi connectivity index (χ4n) is 3.14. The highest BCUT2D eigenvalue weighted by atomic mass is 16.5. The Kier molecular flexibility index (Phi) is 7.00. The van der Waals surface area contributed by atoms with Gasteiger partial charge in [-0.1, -0.05) is 19.1 Å². The Morgan fingerprint density at radius 3 is 2.18 bits per heavy atom. The van der Waals surface area contributed by atoms with Crippen LogP contribution < -0.4 is 19.1 Å². The second kappa shape index (κ2) is 9.88. The Balaban J connectivity index is 1.49. The van der Waals surface area contributed by atoms with Gasteiger partial charge in [-0.3, -0.25) is 4.79 Å². The summed E-state index contributed by atoms with van der Waals surface area (Å²) < 4.78 is 16.6. The van der Waals surface area contributed by atoms with E-state index in [1.165, 1.54) is 0 Å². The first kappa shape index (κ1) is 19.9. The van der Waals surface area contributed by atoms with Crippen molar-refractivity contribution in [1.29, 1.82) is 0 Å². The van der Waals surface area contributed by atoms with Gasteiger partial charge in [0.05, 0.1) is 13.7 Å². The molecule has 1 fully saturated rings. The van der Waals surface area contributed by atoms with Gasteiger partial charge in [-0.2, -0.15) is 0 Å². The summed E-state index contributed by atoms with van der Waals surface area (Å²) in [7, 11) is 1.66. The predicted molar refractivity (Wildman–Crippen MR) is 110 cm³/mol. The summed E-state index contributed by atoms with van der Waals surface area (Å²) in [6, 6.07) is 15.5. The quantitative estimate of drug-likeness (QED) is 0.700. The van der Waals surface area contributed by atoms with Crippen molar-refractivity contribution < 1.29 is 19.0 Å². The van der Waals surface area contributed by atoms with Crippen molar-refractivity contribution in [3.63, 3.8) is 0 Å². The smallest absolute Gasteiger partial charge is 0.260 e. The van der Waals surface area contributed by atoms with Gasteiger partial charge in [0.1, 0.15) is 5.75 Å². The summed E-state index contributed by atoms with van der Waals surface area (Å²) in [5, 5.41) is 0. The first-order valence-electron chi connectivity index (χ1n) is 9.72. The molecule has 1 saturated heterocycles. The number of amides is 1. The molecular weight excluding hydrogens is 356 g/mol. The molecule has 150 valence electrons. The number of hydrogen-bond acceptors (Lipinski definition) is 5. The molecule has 0 atom stereocenters. The Hall–Kier alpha value is -2.89. The van der Waals surface area contributed by atoms with Crippen molar-refractivity contribution in [3.8, 4) is 17.2 Å². The number of nitrogens with zero attached hydrogens (tertiary/aromatic N) is 2. The summed E-state index contributed by atoms with van der Waals surface area (Å²) in [5.74, 6) is 2.14. The van der Waals surface area contributed by atoms with Crippen LogP contribution in [0.3, 0.4) is 0 Å². The van der Waals surface area contributed by atoms with E-state index >= 15 is 0 Å². The van der Waals surface area contributed by atoms with Gasteiger partial charge in [-0.15, -0.1) is 0 Å². The SMILES string of the molecule is CCCOc1ccccc1OCC(=O)N1CCN(c2ccc(OC)cc2)CC1. The van der Waals surface area contributed by atoms with Gasteiger partial charge in [-0.25, -0.2) is 0 Å². The predicted octanol–water partition coefficient (Wildman–Crippen LogP) is 3.21. The van der Waals surface area contributed by atoms with Gasteiger partial charge in [0, 0.05) is 31.9 Å². The number of rotatable bonds is 8. The molecule has 6 heteroatoms. The standard InChI is InChI=1S/C22H28N2O4/c1-3-16-27-20-6-4-5-7-21(20)28-17-22(25)24-14-12-23(13-15-24)18-8-10-19(26-2)11-9-18/h4-11H,3,12-17H2,1-2H3. The molecule has 0 unspecified atom stereocenters. The number of hydrogen-bond donors (Lipinski definition) is 0. The van der Waals surface area contributed by atoms with Gasteiger partial charge in [0.2, 0.25) is 0 Å². The molecule has 1 amide bonds. The zero-order valence-corrected chi connectivity index (χ0v) is 16.6. The molecule has 1 aliphatic rings. The van der Waals surface area contributed by atoms with E-state index in [0.29, 0.717) is 31.2 Å². The number of piperazine rings is 1. The first-order valence-corrected chi connectivity index (χ1v) is 9.72. The van der Waals surface area contributed by atoms with E-state index in [4.69, 9.17) is 14.2 Å². The summed E-state index contributed by atoms with van der Waals surface area (Å²) in [6.45, 7) is 5.67. The van der Waals surface area contributed by atoms with Gasteiger partial charge in [0.15, 0.2) is 18.1 Å². The molecule has 0 radical (unpaired) electrons. The molecule has 0 saturated carbocycles. The fraction of sp³-hybridized carbons (Fsp3) is 0.409. The third kappa shape index (κ3) is 5.09. The molecule has 6 nitrogen and oxygen atoms in total. The highest BCUT2D eigenvalue weighted by Gasteiger charge is 2.22. The summed E-state index contributed by atoms with van der Waals surface area (Å²) in [4.78, 5) is 16.7. The molecule has 0 aliphatic carbocycles. The van der Waals surface area contributed by atoms with Crippen LogP contribution >= 0.6 is 0 Å². The first-order chi connectivity index (χ1) is 13.7. The van der Waals surface area contributed by atoms with Crippen LogP contribution in [0, 0.1) is 0 Å². The van der Waals surface area contributed by atoms with E-state index in [-0.39, 0.29) is 12.5 Å².